The van der Waals surface area contributed by atoms with Gasteiger partial charge in [0.15, 0.2) is 0 Å². The van der Waals surface area contributed by atoms with E-state index in [4.69, 9.17) is 4.74 Å². The number of pyridine rings is 1. The Hall–Kier alpha value is -1.30. The van der Waals surface area contributed by atoms with Crippen LogP contribution in [0.1, 0.15) is 12.8 Å². The Morgan fingerprint density at radius 3 is 2.68 bits per heavy atom. The van der Waals surface area contributed by atoms with Gasteiger partial charge in [-0.25, -0.2) is 0 Å². The second kappa shape index (κ2) is 8.98. The van der Waals surface area contributed by atoms with Gasteiger partial charge in [0.1, 0.15) is 17.9 Å². The maximum Gasteiger partial charge on any atom is 0.243 e. The van der Waals surface area contributed by atoms with Crippen molar-refractivity contribution in [2.45, 2.75) is 25.0 Å². The zero-order chi connectivity index (χ0) is 13.8. The van der Waals surface area contributed by atoms with Gasteiger partial charge in [-0.15, -0.1) is 24.8 Å². The number of piperidine rings is 1. The van der Waals surface area contributed by atoms with E-state index in [0.29, 0.717) is 0 Å². The molecule has 0 aliphatic carbocycles. The van der Waals surface area contributed by atoms with Crippen molar-refractivity contribution in [2.24, 2.45) is 0 Å². The van der Waals surface area contributed by atoms with Crippen LogP contribution < -0.4 is 10.1 Å². The lowest BCUT2D eigenvalue weighted by Gasteiger charge is -2.33. The van der Waals surface area contributed by atoms with E-state index in [1.165, 1.54) is 0 Å². The number of carbonyl (C=O) groups excluding carboxylic acids is 1. The fraction of sp³-hybridized carbons (Fsp3) is 0.467. The van der Waals surface area contributed by atoms with Crippen molar-refractivity contribution < 1.29 is 9.53 Å². The maximum atomic E-state index is 12.2. The first-order chi connectivity index (χ1) is 9.83. The van der Waals surface area contributed by atoms with Crippen molar-refractivity contribution in [2.75, 3.05) is 19.6 Å². The van der Waals surface area contributed by atoms with Crippen LogP contribution in [0.15, 0.2) is 36.7 Å². The van der Waals surface area contributed by atoms with Crippen LogP contribution in [0.4, 0.5) is 0 Å². The van der Waals surface area contributed by atoms with Crippen molar-refractivity contribution in [3.8, 4) is 5.75 Å². The van der Waals surface area contributed by atoms with Gasteiger partial charge >= 0.3 is 0 Å². The molecule has 22 heavy (non-hydrogen) atoms. The Bertz CT molecular complexity index is 491. The molecule has 1 atom stereocenters. The summed E-state index contributed by atoms with van der Waals surface area (Å²) in [4.78, 5) is 18.2. The van der Waals surface area contributed by atoms with Crippen molar-refractivity contribution in [1.82, 2.24) is 15.2 Å². The minimum Gasteiger partial charge on any atom is -0.489 e. The predicted molar refractivity (Wildman–Crippen MR) is 89.9 cm³/mol. The summed E-state index contributed by atoms with van der Waals surface area (Å²) in [6.45, 7) is 2.31. The third-order valence-corrected chi connectivity index (χ3v) is 3.74. The molecule has 1 aromatic heterocycles. The molecule has 1 amide bonds. The monoisotopic (exact) mass is 345 g/mol. The number of amides is 1. The number of halogens is 2. The standard InChI is InChI=1S/C15H19N3O2.2ClH/c19-15(14-4-2-8-17-14)18-9-5-12(6-10-18)20-13-3-1-7-16-11-13;;/h1-4,7,11-12,14,17H,5-6,8-10H2;2*1H. The molecule has 3 rings (SSSR count). The summed E-state index contributed by atoms with van der Waals surface area (Å²) < 4.78 is 5.88. The fourth-order valence-corrected chi connectivity index (χ4v) is 2.64. The Morgan fingerprint density at radius 1 is 1.32 bits per heavy atom. The first-order valence-electron chi connectivity index (χ1n) is 7.08. The van der Waals surface area contributed by atoms with E-state index in [0.717, 1.165) is 38.2 Å². The zero-order valence-electron chi connectivity index (χ0n) is 12.2. The molecule has 0 bridgehead atoms. The normalized spacial score (nSPS) is 20.9. The molecule has 2 aliphatic rings. The van der Waals surface area contributed by atoms with E-state index in [9.17, 15) is 4.79 Å². The van der Waals surface area contributed by atoms with Crippen LogP contribution >= 0.6 is 24.8 Å². The van der Waals surface area contributed by atoms with Gasteiger partial charge in [-0.3, -0.25) is 15.1 Å². The molecule has 1 unspecified atom stereocenters. The highest BCUT2D eigenvalue weighted by atomic mass is 35.5. The molecule has 0 spiro atoms. The van der Waals surface area contributed by atoms with Gasteiger partial charge in [0.2, 0.25) is 5.91 Å². The summed E-state index contributed by atoms with van der Waals surface area (Å²) in [6, 6.07) is 3.65. The fourth-order valence-electron chi connectivity index (χ4n) is 2.64. The molecule has 1 N–H and O–H groups in total. The van der Waals surface area contributed by atoms with Crippen molar-refractivity contribution in [3.05, 3.63) is 36.7 Å². The molecule has 2 aliphatic heterocycles. The first kappa shape index (κ1) is 18.7. The molecule has 5 nitrogen and oxygen atoms in total. The number of nitrogens with zero attached hydrogens (tertiary/aromatic N) is 2. The Labute approximate surface area is 142 Å². The molecule has 1 aromatic rings. The van der Waals surface area contributed by atoms with E-state index in [2.05, 4.69) is 10.3 Å². The lowest BCUT2D eigenvalue weighted by atomic mass is 10.1. The number of likely N-dealkylation sites (tertiary alicyclic amines) is 1. The van der Waals surface area contributed by atoms with Crippen molar-refractivity contribution in [3.63, 3.8) is 0 Å². The minimum absolute atomic E-state index is 0. The average molecular weight is 346 g/mol. The van der Waals surface area contributed by atoms with E-state index in [-0.39, 0.29) is 42.9 Å². The van der Waals surface area contributed by atoms with Gasteiger partial charge in [-0.1, -0.05) is 12.2 Å². The number of aromatic nitrogens is 1. The Kier molecular flexibility index (Phi) is 7.65. The number of nitrogens with one attached hydrogen (secondary N) is 1. The molecule has 7 heteroatoms. The zero-order valence-corrected chi connectivity index (χ0v) is 13.8. The smallest absolute Gasteiger partial charge is 0.243 e. The molecule has 122 valence electrons. The first-order valence-corrected chi connectivity index (χ1v) is 7.08. The second-order valence-corrected chi connectivity index (χ2v) is 5.15. The number of hydrogen-bond donors (Lipinski definition) is 1. The molecule has 0 saturated carbocycles. The maximum absolute atomic E-state index is 12.2. The summed E-state index contributed by atoms with van der Waals surface area (Å²) in [7, 11) is 0. The van der Waals surface area contributed by atoms with Gasteiger partial charge in [-0.2, -0.15) is 0 Å². The Morgan fingerprint density at radius 2 is 2.09 bits per heavy atom. The molecular formula is C15H21Cl2N3O2. The summed E-state index contributed by atoms with van der Waals surface area (Å²) in [5, 5.41) is 3.16. The van der Waals surface area contributed by atoms with E-state index >= 15 is 0 Å². The molecule has 0 radical (unpaired) electrons. The van der Waals surface area contributed by atoms with Gasteiger partial charge in [0.25, 0.3) is 0 Å². The second-order valence-electron chi connectivity index (χ2n) is 5.15. The highest BCUT2D eigenvalue weighted by molar-refractivity contribution is 5.85. The van der Waals surface area contributed by atoms with Crippen LogP contribution in [0.3, 0.4) is 0 Å². The van der Waals surface area contributed by atoms with E-state index in [1.54, 1.807) is 12.4 Å². The number of rotatable bonds is 3. The van der Waals surface area contributed by atoms with Gasteiger partial charge in [0.05, 0.1) is 6.20 Å². The number of ether oxygens (including phenoxy) is 1. The third-order valence-electron chi connectivity index (χ3n) is 3.74. The summed E-state index contributed by atoms with van der Waals surface area (Å²) in [6.07, 6.45) is 9.33. The minimum atomic E-state index is -0.134. The highest BCUT2D eigenvalue weighted by Gasteiger charge is 2.28. The van der Waals surface area contributed by atoms with Crippen LogP contribution in [0, 0.1) is 0 Å². The van der Waals surface area contributed by atoms with Crippen LogP contribution in [0.25, 0.3) is 0 Å². The van der Waals surface area contributed by atoms with Crippen LogP contribution in [0.5, 0.6) is 5.75 Å². The van der Waals surface area contributed by atoms with Crippen molar-refractivity contribution in [1.29, 1.82) is 0 Å². The Balaban J connectivity index is 0.00000121. The predicted octanol–water partition coefficient (Wildman–Crippen LogP) is 1.82. The quantitative estimate of drug-likeness (QED) is 0.849. The largest absolute Gasteiger partial charge is 0.489 e. The van der Waals surface area contributed by atoms with Crippen LogP contribution in [0.2, 0.25) is 0 Å². The van der Waals surface area contributed by atoms with E-state index in [1.807, 2.05) is 29.2 Å². The van der Waals surface area contributed by atoms with Crippen LogP contribution in [-0.2, 0) is 4.79 Å². The SMILES string of the molecule is Cl.Cl.O=C(C1C=CCN1)N1CCC(Oc2cccnc2)CC1. The lowest BCUT2D eigenvalue weighted by Crippen LogP contribution is -2.48. The van der Waals surface area contributed by atoms with Gasteiger partial charge < -0.3 is 9.64 Å². The molecule has 3 heterocycles. The molecule has 0 aromatic carbocycles. The van der Waals surface area contributed by atoms with Gasteiger partial charge in [0, 0.05) is 38.7 Å². The topological polar surface area (TPSA) is 54.5 Å². The molecule has 1 saturated heterocycles. The average Bonchev–Trinajstić information content (AvgIpc) is 3.03. The summed E-state index contributed by atoms with van der Waals surface area (Å²) in [5.41, 5.74) is 0. The third kappa shape index (κ3) is 4.60. The van der Waals surface area contributed by atoms with E-state index < -0.39 is 0 Å². The lowest BCUT2D eigenvalue weighted by molar-refractivity contribution is -0.133. The van der Waals surface area contributed by atoms with Crippen molar-refractivity contribution >= 4 is 30.7 Å². The van der Waals surface area contributed by atoms with Gasteiger partial charge in [-0.05, 0) is 12.1 Å². The summed E-state index contributed by atoms with van der Waals surface area (Å²) >= 11 is 0. The summed E-state index contributed by atoms with van der Waals surface area (Å²) in [5.74, 6) is 0.983. The highest BCUT2D eigenvalue weighted by Crippen LogP contribution is 2.18. The molecule has 1 fully saturated rings. The van der Waals surface area contributed by atoms with Crippen LogP contribution in [-0.4, -0.2) is 47.6 Å². The number of carbonyl (C=O) groups is 1. The molecular weight excluding hydrogens is 325 g/mol. The number of hydrogen-bond acceptors (Lipinski definition) is 4.